The number of hydrogen-bond donors (Lipinski definition) is 1. The van der Waals surface area contributed by atoms with Gasteiger partial charge in [0, 0.05) is 22.4 Å². The molecule has 0 aliphatic heterocycles. The van der Waals surface area contributed by atoms with Gasteiger partial charge < -0.3 is 5.73 Å². The molecule has 2 atom stereocenters. The van der Waals surface area contributed by atoms with Crippen molar-refractivity contribution in [3.63, 3.8) is 0 Å². The van der Waals surface area contributed by atoms with Crippen molar-refractivity contribution < 1.29 is 0 Å². The fourth-order valence-corrected chi connectivity index (χ4v) is 3.44. The van der Waals surface area contributed by atoms with Crippen LogP contribution in [0.4, 0.5) is 0 Å². The average molecular weight is 253 g/mol. The molecule has 0 saturated heterocycles. The average Bonchev–Trinajstić information content (AvgIpc) is 2.62. The number of nitrogens with two attached hydrogens (primary N) is 1. The van der Waals surface area contributed by atoms with Gasteiger partial charge in [-0.2, -0.15) is 0 Å². The maximum absolute atomic E-state index is 6.43. The second-order valence-electron chi connectivity index (χ2n) is 4.47. The van der Waals surface area contributed by atoms with Gasteiger partial charge in [-0.15, -0.1) is 0 Å². The highest BCUT2D eigenvalue weighted by Crippen LogP contribution is 2.64. The van der Waals surface area contributed by atoms with Gasteiger partial charge in [0.2, 0.25) is 0 Å². The predicted molar refractivity (Wildman–Crippen MR) is 58.6 cm³/mol. The number of pyridine rings is 1. The van der Waals surface area contributed by atoms with Crippen LogP contribution in [-0.2, 0) is 5.54 Å². The Morgan fingerprint density at radius 2 is 2.07 bits per heavy atom. The molecule has 1 heterocycles. The topological polar surface area (TPSA) is 38.9 Å². The first-order valence-corrected chi connectivity index (χ1v) is 5.92. The van der Waals surface area contributed by atoms with Crippen molar-refractivity contribution in [2.24, 2.45) is 17.6 Å². The van der Waals surface area contributed by atoms with Crippen molar-refractivity contribution >= 4 is 15.9 Å². The van der Waals surface area contributed by atoms with E-state index < -0.39 is 0 Å². The van der Waals surface area contributed by atoms with Crippen molar-refractivity contribution in [3.8, 4) is 0 Å². The fourth-order valence-electron chi connectivity index (χ4n) is 3.08. The minimum absolute atomic E-state index is 0.0466. The molecule has 0 aromatic carbocycles. The van der Waals surface area contributed by atoms with Gasteiger partial charge in [0.1, 0.15) is 0 Å². The summed E-state index contributed by atoms with van der Waals surface area (Å²) in [5.41, 5.74) is 7.59. The highest BCUT2D eigenvalue weighted by atomic mass is 79.9. The van der Waals surface area contributed by atoms with E-state index in [2.05, 4.69) is 27.0 Å². The molecule has 14 heavy (non-hydrogen) atoms. The number of nitrogens with zero attached hydrogens (tertiary/aromatic N) is 1. The molecule has 74 valence electrons. The van der Waals surface area contributed by atoms with E-state index in [9.17, 15) is 0 Å². The molecule has 2 aliphatic rings. The summed E-state index contributed by atoms with van der Waals surface area (Å²) in [6, 6.07) is 2.12. The van der Waals surface area contributed by atoms with Crippen molar-refractivity contribution in [1.29, 1.82) is 0 Å². The summed E-state index contributed by atoms with van der Waals surface area (Å²) in [6.07, 6.45) is 7.69. The summed E-state index contributed by atoms with van der Waals surface area (Å²) in [6.45, 7) is 0. The molecule has 2 aliphatic carbocycles. The van der Waals surface area contributed by atoms with Crippen LogP contribution in [0.15, 0.2) is 22.9 Å². The third-order valence-electron chi connectivity index (χ3n) is 3.84. The smallest absolute Gasteiger partial charge is 0.0489 e. The van der Waals surface area contributed by atoms with Crippen LogP contribution < -0.4 is 5.73 Å². The van der Waals surface area contributed by atoms with Crippen LogP contribution in [0.1, 0.15) is 24.8 Å². The molecule has 2 nitrogen and oxygen atoms in total. The number of hydrogen-bond acceptors (Lipinski definition) is 2. The van der Waals surface area contributed by atoms with Crippen molar-refractivity contribution in [1.82, 2.24) is 4.98 Å². The molecule has 1 aromatic heterocycles. The first-order chi connectivity index (χ1) is 6.73. The molecule has 3 rings (SSSR count). The van der Waals surface area contributed by atoms with Gasteiger partial charge >= 0.3 is 0 Å². The Morgan fingerprint density at radius 1 is 1.36 bits per heavy atom. The lowest BCUT2D eigenvalue weighted by Gasteiger charge is -2.15. The van der Waals surface area contributed by atoms with Gasteiger partial charge in [0.15, 0.2) is 0 Å². The first kappa shape index (κ1) is 8.86. The monoisotopic (exact) mass is 252 g/mol. The molecule has 3 heteroatoms. The van der Waals surface area contributed by atoms with Gasteiger partial charge in [-0.1, -0.05) is 6.42 Å². The van der Waals surface area contributed by atoms with E-state index in [0.29, 0.717) is 0 Å². The molecular weight excluding hydrogens is 240 g/mol. The molecule has 0 amide bonds. The maximum atomic E-state index is 6.43. The third kappa shape index (κ3) is 1.03. The summed E-state index contributed by atoms with van der Waals surface area (Å²) < 4.78 is 1.03. The van der Waals surface area contributed by atoms with E-state index in [1.165, 1.54) is 24.8 Å². The predicted octanol–water partition coefficient (Wildman–Crippen LogP) is 2.43. The summed E-state index contributed by atoms with van der Waals surface area (Å²) in [5, 5.41) is 0. The molecule has 2 fully saturated rings. The van der Waals surface area contributed by atoms with Crippen LogP contribution in [0.3, 0.4) is 0 Å². The zero-order valence-electron chi connectivity index (χ0n) is 7.91. The molecule has 2 N–H and O–H groups in total. The second kappa shape index (κ2) is 2.80. The van der Waals surface area contributed by atoms with E-state index in [1.54, 1.807) is 0 Å². The van der Waals surface area contributed by atoms with E-state index in [-0.39, 0.29) is 5.54 Å². The Bertz CT molecular complexity index is 367. The van der Waals surface area contributed by atoms with E-state index >= 15 is 0 Å². The van der Waals surface area contributed by atoms with E-state index in [1.807, 2.05) is 12.4 Å². The summed E-state index contributed by atoms with van der Waals surface area (Å²) in [4.78, 5) is 4.19. The molecule has 0 spiro atoms. The molecule has 0 bridgehead atoms. The van der Waals surface area contributed by atoms with Crippen LogP contribution in [0.5, 0.6) is 0 Å². The standard InChI is InChI=1S/C11H13BrN2/c12-8-4-7(5-14-6-8)11(13)9-2-1-3-10(9)11/h4-6,9-10H,1-3,13H2. The minimum atomic E-state index is -0.0466. The van der Waals surface area contributed by atoms with Gasteiger partial charge in [0.25, 0.3) is 0 Å². The molecule has 0 radical (unpaired) electrons. The zero-order valence-corrected chi connectivity index (χ0v) is 9.50. The van der Waals surface area contributed by atoms with Gasteiger partial charge in [-0.05, 0) is 52.2 Å². The molecular formula is C11H13BrN2. The second-order valence-corrected chi connectivity index (χ2v) is 5.38. The van der Waals surface area contributed by atoms with Crippen molar-refractivity contribution in [2.45, 2.75) is 24.8 Å². The minimum Gasteiger partial charge on any atom is -0.321 e. The lowest BCUT2D eigenvalue weighted by atomic mass is 9.99. The quantitative estimate of drug-likeness (QED) is 0.834. The Balaban J connectivity index is 1.97. The number of rotatable bonds is 1. The Morgan fingerprint density at radius 3 is 2.71 bits per heavy atom. The Kier molecular flexibility index (Phi) is 1.77. The fraction of sp³-hybridized carbons (Fsp3) is 0.545. The van der Waals surface area contributed by atoms with Crippen LogP contribution in [-0.4, -0.2) is 4.98 Å². The molecule has 2 unspecified atom stereocenters. The summed E-state index contributed by atoms with van der Waals surface area (Å²) in [5.74, 6) is 1.44. The maximum Gasteiger partial charge on any atom is 0.0489 e. The first-order valence-electron chi connectivity index (χ1n) is 5.13. The highest BCUT2D eigenvalue weighted by Gasteiger charge is 2.64. The van der Waals surface area contributed by atoms with Crippen LogP contribution >= 0.6 is 15.9 Å². The number of halogens is 1. The highest BCUT2D eigenvalue weighted by molar-refractivity contribution is 9.10. The third-order valence-corrected chi connectivity index (χ3v) is 4.27. The number of aromatic nitrogens is 1. The van der Waals surface area contributed by atoms with Crippen molar-refractivity contribution in [2.75, 3.05) is 0 Å². The van der Waals surface area contributed by atoms with Crippen LogP contribution in [0.25, 0.3) is 0 Å². The van der Waals surface area contributed by atoms with Gasteiger partial charge in [-0.25, -0.2) is 0 Å². The van der Waals surface area contributed by atoms with E-state index in [0.717, 1.165) is 16.3 Å². The van der Waals surface area contributed by atoms with Crippen molar-refractivity contribution in [3.05, 3.63) is 28.5 Å². The molecule has 2 saturated carbocycles. The lowest BCUT2D eigenvalue weighted by Crippen LogP contribution is -2.25. The van der Waals surface area contributed by atoms with Crippen LogP contribution in [0.2, 0.25) is 0 Å². The Labute approximate surface area is 92.0 Å². The largest absolute Gasteiger partial charge is 0.321 e. The van der Waals surface area contributed by atoms with Gasteiger partial charge in [-0.3, -0.25) is 4.98 Å². The normalized spacial score (nSPS) is 39.6. The lowest BCUT2D eigenvalue weighted by molar-refractivity contribution is 0.525. The summed E-state index contributed by atoms with van der Waals surface area (Å²) in [7, 11) is 0. The Hall–Kier alpha value is -0.410. The van der Waals surface area contributed by atoms with Gasteiger partial charge in [0.05, 0.1) is 0 Å². The number of fused-ring (bicyclic) bond motifs is 1. The summed E-state index contributed by atoms with van der Waals surface area (Å²) >= 11 is 3.44. The van der Waals surface area contributed by atoms with Crippen LogP contribution in [0, 0.1) is 11.8 Å². The van der Waals surface area contributed by atoms with E-state index in [4.69, 9.17) is 5.73 Å². The molecule has 1 aromatic rings. The zero-order chi connectivity index (χ0) is 9.76. The SMILES string of the molecule is NC1(c2cncc(Br)c2)C2CCCC21.